The van der Waals surface area contributed by atoms with Gasteiger partial charge in [0, 0.05) is 25.0 Å². The molecule has 0 aliphatic carbocycles. The Labute approximate surface area is 116 Å². The van der Waals surface area contributed by atoms with Crippen LogP contribution in [0.15, 0.2) is 23.2 Å². The van der Waals surface area contributed by atoms with Crippen molar-refractivity contribution in [3.8, 4) is 0 Å². The molecule has 108 valence electrons. The summed E-state index contributed by atoms with van der Waals surface area (Å²) in [5.74, 6) is -0.0817. The molecule has 0 radical (unpaired) electrons. The molecule has 0 atom stereocenters. The quantitative estimate of drug-likeness (QED) is 0.746. The van der Waals surface area contributed by atoms with Crippen LogP contribution >= 0.6 is 0 Å². The van der Waals surface area contributed by atoms with Crippen LogP contribution in [0.25, 0.3) is 0 Å². The summed E-state index contributed by atoms with van der Waals surface area (Å²) in [6, 6.07) is 2.93. The molecule has 8 nitrogen and oxygen atoms in total. The highest BCUT2D eigenvalue weighted by Gasteiger charge is 2.18. The molecular weight excluding hydrogens is 282 g/mol. The molecular formula is C11H15N5O3S. The number of rotatable bonds is 4. The third-order valence-electron chi connectivity index (χ3n) is 2.79. The minimum Gasteiger partial charge on any atom is -0.345 e. The minimum atomic E-state index is -3.83. The van der Waals surface area contributed by atoms with E-state index in [9.17, 15) is 13.2 Å². The number of anilines is 1. The molecule has 0 aromatic carbocycles. The lowest BCUT2D eigenvalue weighted by Crippen LogP contribution is -2.15. The third-order valence-corrected chi connectivity index (χ3v) is 3.67. The summed E-state index contributed by atoms with van der Waals surface area (Å²) in [5.41, 5.74) is 1.06. The molecule has 0 saturated heterocycles. The number of aromatic nitrogens is 3. The number of primary sulfonamides is 1. The number of hydrogen-bond acceptors (Lipinski definition) is 4. The van der Waals surface area contributed by atoms with Gasteiger partial charge in [-0.15, -0.1) is 0 Å². The van der Waals surface area contributed by atoms with Crippen molar-refractivity contribution in [1.29, 1.82) is 0 Å². The van der Waals surface area contributed by atoms with E-state index in [1.54, 1.807) is 13.1 Å². The van der Waals surface area contributed by atoms with Crippen molar-refractivity contribution < 1.29 is 13.2 Å². The van der Waals surface area contributed by atoms with Gasteiger partial charge in [-0.25, -0.2) is 13.6 Å². The van der Waals surface area contributed by atoms with E-state index in [2.05, 4.69) is 15.5 Å². The number of carbonyl (C=O) groups is 1. The van der Waals surface area contributed by atoms with E-state index < -0.39 is 15.9 Å². The Morgan fingerprint density at radius 1 is 1.50 bits per heavy atom. The zero-order valence-corrected chi connectivity index (χ0v) is 11.9. The summed E-state index contributed by atoms with van der Waals surface area (Å²) in [6.07, 6.45) is 2.05. The molecule has 2 aromatic heterocycles. The number of nitrogens with one attached hydrogen (secondary N) is 2. The smallest absolute Gasteiger partial charge is 0.273 e. The first kappa shape index (κ1) is 14.3. The molecule has 0 saturated carbocycles. The Bertz CT molecular complexity index is 744. The monoisotopic (exact) mass is 297 g/mol. The van der Waals surface area contributed by atoms with Gasteiger partial charge in [-0.1, -0.05) is 6.92 Å². The lowest BCUT2D eigenvalue weighted by Gasteiger charge is -2.02. The number of sulfonamides is 1. The van der Waals surface area contributed by atoms with E-state index in [4.69, 9.17) is 5.14 Å². The molecule has 0 spiro atoms. The van der Waals surface area contributed by atoms with Crippen molar-refractivity contribution >= 4 is 21.7 Å². The number of aromatic amines is 1. The van der Waals surface area contributed by atoms with Crippen LogP contribution in [0.5, 0.6) is 0 Å². The first-order valence-corrected chi connectivity index (χ1v) is 7.40. The average molecular weight is 297 g/mol. The van der Waals surface area contributed by atoms with Crippen LogP contribution in [0.3, 0.4) is 0 Å². The summed E-state index contributed by atoms with van der Waals surface area (Å²) in [6.45, 7) is 1.95. The van der Waals surface area contributed by atoms with Crippen molar-refractivity contribution in [1.82, 2.24) is 14.8 Å². The van der Waals surface area contributed by atoms with Crippen LogP contribution in [0, 0.1) is 0 Å². The zero-order chi connectivity index (χ0) is 14.9. The van der Waals surface area contributed by atoms with Crippen LogP contribution in [0.4, 0.5) is 5.82 Å². The van der Waals surface area contributed by atoms with Crippen LogP contribution in [0.2, 0.25) is 0 Å². The number of nitrogens with zero attached hydrogens (tertiary/aromatic N) is 2. The summed E-state index contributed by atoms with van der Waals surface area (Å²) < 4.78 is 23.9. The highest BCUT2D eigenvalue weighted by molar-refractivity contribution is 7.89. The molecule has 20 heavy (non-hydrogen) atoms. The van der Waals surface area contributed by atoms with Gasteiger partial charge in [0.25, 0.3) is 5.91 Å². The van der Waals surface area contributed by atoms with Gasteiger partial charge in [-0.2, -0.15) is 5.10 Å². The van der Waals surface area contributed by atoms with Crippen molar-refractivity contribution in [3.05, 3.63) is 29.7 Å². The fourth-order valence-corrected chi connectivity index (χ4v) is 2.28. The summed E-state index contributed by atoms with van der Waals surface area (Å²) in [7, 11) is -2.27. The fraction of sp³-hybridized carbons (Fsp3) is 0.273. The maximum Gasteiger partial charge on any atom is 0.273 e. The second-order valence-corrected chi connectivity index (χ2v) is 5.86. The maximum atomic E-state index is 12.1. The second kappa shape index (κ2) is 5.10. The van der Waals surface area contributed by atoms with Gasteiger partial charge in [0.15, 0.2) is 5.82 Å². The highest BCUT2D eigenvalue weighted by Crippen LogP contribution is 2.14. The van der Waals surface area contributed by atoms with Gasteiger partial charge in [-0.3, -0.25) is 9.89 Å². The standard InChI is InChI=1S/C11H15N5O3S/c1-3-7-4-10(15-14-7)13-11(17)9-5-8(6-16(9)2)20(12,18)19/h4-6H,3H2,1-2H3,(H2,12,18,19)(H2,13,14,15,17). The number of hydrogen-bond donors (Lipinski definition) is 3. The predicted octanol–water partition coefficient (Wildman–Crippen LogP) is 0.210. The zero-order valence-electron chi connectivity index (χ0n) is 11.0. The van der Waals surface area contributed by atoms with Gasteiger partial charge in [0.2, 0.25) is 10.0 Å². The molecule has 0 aliphatic rings. The molecule has 0 bridgehead atoms. The van der Waals surface area contributed by atoms with Crippen LogP contribution in [-0.2, 0) is 23.5 Å². The van der Waals surface area contributed by atoms with Crippen LogP contribution < -0.4 is 10.5 Å². The topological polar surface area (TPSA) is 123 Å². The van der Waals surface area contributed by atoms with Crippen LogP contribution in [-0.4, -0.2) is 29.1 Å². The average Bonchev–Trinajstić information content (AvgIpc) is 2.94. The van der Waals surface area contributed by atoms with Gasteiger partial charge in [0.05, 0.1) is 0 Å². The molecule has 0 fully saturated rings. The van der Waals surface area contributed by atoms with Crippen molar-refractivity contribution in [3.63, 3.8) is 0 Å². The highest BCUT2D eigenvalue weighted by atomic mass is 32.2. The third kappa shape index (κ3) is 2.89. The molecule has 1 amide bonds. The van der Waals surface area contributed by atoms with Crippen molar-refractivity contribution in [2.45, 2.75) is 18.2 Å². The first-order valence-electron chi connectivity index (χ1n) is 5.86. The van der Waals surface area contributed by atoms with Gasteiger partial charge < -0.3 is 9.88 Å². The lowest BCUT2D eigenvalue weighted by molar-refractivity contribution is 0.101. The molecule has 4 N–H and O–H groups in total. The molecule has 9 heteroatoms. The van der Waals surface area contributed by atoms with E-state index in [0.29, 0.717) is 5.82 Å². The molecule has 0 unspecified atom stereocenters. The summed E-state index contributed by atoms with van der Waals surface area (Å²) in [4.78, 5) is 11.9. The Balaban J connectivity index is 2.23. The van der Waals surface area contributed by atoms with E-state index in [0.717, 1.165) is 12.1 Å². The predicted molar refractivity (Wildman–Crippen MR) is 72.7 cm³/mol. The Hall–Kier alpha value is -2.13. The Morgan fingerprint density at radius 2 is 2.20 bits per heavy atom. The number of nitrogens with two attached hydrogens (primary N) is 1. The molecule has 0 aliphatic heterocycles. The van der Waals surface area contributed by atoms with Crippen molar-refractivity contribution in [2.24, 2.45) is 12.2 Å². The largest absolute Gasteiger partial charge is 0.345 e. The van der Waals surface area contributed by atoms with E-state index in [1.807, 2.05) is 6.92 Å². The fourth-order valence-electron chi connectivity index (χ4n) is 1.70. The number of carbonyl (C=O) groups excluding carboxylic acids is 1. The van der Waals surface area contributed by atoms with E-state index >= 15 is 0 Å². The summed E-state index contributed by atoms with van der Waals surface area (Å²) in [5, 5.41) is 14.3. The Morgan fingerprint density at radius 3 is 2.70 bits per heavy atom. The molecule has 2 heterocycles. The first-order chi connectivity index (χ1) is 9.31. The second-order valence-electron chi connectivity index (χ2n) is 4.30. The van der Waals surface area contributed by atoms with Crippen LogP contribution in [0.1, 0.15) is 23.1 Å². The molecule has 2 aromatic rings. The maximum absolute atomic E-state index is 12.1. The Kier molecular flexibility index (Phi) is 3.64. The number of aryl methyl sites for hydroxylation is 2. The van der Waals surface area contributed by atoms with Gasteiger partial charge >= 0.3 is 0 Å². The van der Waals surface area contributed by atoms with E-state index in [1.165, 1.54) is 16.8 Å². The normalized spacial score (nSPS) is 11.6. The number of H-pyrrole nitrogens is 1. The van der Waals surface area contributed by atoms with Gasteiger partial charge in [0.1, 0.15) is 10.6 Å². The molecule has 2 rings (SSSR count). The lowest BCUT2D eigenvalue weighted by atomic mass is 10.3. The van der Waals surface area contributed by atoms with Gasteiger partial charge in [-0.05, 0) is 12.5 Å². The summed E-state index contributed by atoms with van der Waals surface area (Å²) >= 11 is 0. The van der Waals surface area contributed by atoms with Crippen molar-refractivity contribution in [2.75, 3.05) is 5.32 Å². The number of amides is 1. The minimum absolute atomic E-state index is 0.110. The SMILES string of the molecule is CCc1cc(NC(=O)c2cc(S(N)(=O)=O)cn2C)n[nH]1. The van der Waals surface area contributed by atoms with E-state index in [-0.39, 0.29) is 10.6 Å².